The van der Waals surface area contributed by atoms with Crippen LogP contribution < -0.4 is 0 Å². The number of nitrogens with zero attached hydrogens (tertiary/aromatic N) is 1. The summed E-state index contributed by atoms with van der Waals surface area (Å²) >= 11 is 0. The van der Waals surface area contributed by atoms with Crippen molar-refractivity contribution < 1.29 is 0 Å². The zero-order valence-electron chi connectivity index (χ0n) is 10.2. The second kappa shape index (κ2) is 3.34. The van der Waals surface area contributed by atoms with Crippen LogP contribution in [-0.4, -0.2) is 9.97 Å². The van der Waals surface area contributed by atoms with Crippen molar-refractivity contribution in [3.05, 3.63) is 29.6 Å². The lowest BCUT2D eigenvalue weighted by atomic mass is 10.0. The highest BCUT2D eigenvalue weighted by atomic mass is 14.9. The molecule has 1 N–H and O–H groups in total. The summed E-state index contributed by atoms with van der Waals surface area (Å²) in [5.74, 6) is 3.86. The molecule has 0 aliphatic heterocycles. The molecule has 2 aliphatic carbocycles. The molecule has 0 spiro atoms. The Kier molecular flexibility index (Phi) is 1.91. The minimum absolute atomic E-state index is 0.741. The van der Waals surface area contributed by atoms with Gasteiger partial charge in [0.2, 0.25) is 0 Å². The van der Waals surface area contributed by atoms with Gasteiger partial charge in [-0.25, -0.2) is 4.98 Å². The lowest BCUT2D eigenvalue weighted by Gasteiger charge is -2.04. The Bertz CT molecular complexity index is 557. The van der Waals surface area contributed by atoms with Gasteiger partial charge in [0, 0.05) is 5.92 Å². The van der Waals surface area contributed by atoms with Crippen LogP contribution in [0.4, 0.5) is 0 Å². The predicted octanol–water partition coefficient (Wildman–Crippen LogP) is 3.77. The van der Waals surface area contributed by atoms with Crippen molar-refractivity contribution in [1.29, 1.82) is 0 Å². The smallest absolute Gasteiger partial charge is 0.110 e. The van der Waals surface area contributed by atoms with E-state index in [1.54, 1.807) is 0 Å². The van der Waals surface area contributed by atoms with Gasteiger partial charge in [-0.3, -0.25) is 0 Å². The van der Waals surface area contributed by atoms with E-state index in [-0.39, 0.29) is 0 Å². The van der Waals surface area contributed by atoms with Crippen molar-refractivity contribution in [3.8, 4) is 0 Å². The van der Waals surface area contributed by atoms with Gasteiger partial charge in [-0.2, -0.15) is 0 Å². The van der Waals surface area contributed by atoms with Crippen molar-refractivity contribution >= 4 is 11.0 Å². The quantitative estimate of drug-likeness (QED) is 0.787. The molecule has 2 aliphatic rings. The highest BCUT2D eigenvalue weighted by molar-refractivity contribution is 5.76. The highest BCUT2D eigenvalue weighted by Crippen LogP contribution is 2.60. The Labute approximate surface area is 101 Å². The van der Waals surface area contributed by atoms with Gasteiger partial charge in [0.1, 0.15) is 5.82 Å². The topological polar surface area (TPSA) is 28.7 Å². The fraction of sp³-hybridized carbons (Fsp3) is 0.533. The van der Waals surface area contributed by atoms with Crippen molar-refractivity contribution in [1.82, 2.24) is 9.97 Å². The molecule has 0 amide bonds. The third-order valence-corrected chi connectivity index (χ3v) is 4.63. The molecular weight excluding hydrogens is 208 g/mol. The van der Waals surface area contributed by atoms with Crippen molar-refractivity contribution in [2.75, 3.05) is 0 Å². The van der Waals surface area contributed by atoms with E-state index in [0.717, 1.165) is 23.3 Å². The Morgan fingerprint density at radius 1 is 1.18 bits per heavy atom. The summed E-state index contributed by atoms with van der Waals surface area (Å²) in [6, 6.07) is 6.49. The van der Waals surface area contributed by atoms with Crippen LogP contribution in [0.5, 0.6) is 0 Å². The van der Waals surface area contributed by atoms with Crippen LogP contribution in [-0.2, 0) is 0 Å². The number of H-pyrrole nitrogens is 1. The second-order valence-corrected chi connectivity index (χ2v) is 5.78. The van der Waals surface area contributed by atoms with E-state index in [2.05, 4.69) is 30.1 Å². The van der Waals surface area contributed by atoms with Crippen LogP contribution in [0.15, 0.2) is 18.2 Å². The summed E-state index contributed by atoms with van der Waals surface area (Å²) in [6.07, 6.45) is 5.70. The minimum atomic E-state index is 0.741. The first-order valence-electron chi connectivity index (χ1n) is 6.79. The summed E-state index contributed by atoms with van der Waals surface area (Å²) in [7, 11) is 0. The van der Waals surface area contributed by atoms with E-state index in [4.69, 9.17) is 4.98 Å². The summed E-state index contributed by atoms with van der Waals surface area (Å²) in [6.45, 7) is 2.14. The van der Waals surface area contributed by atoms with E-state index in [1.807, 2.05) is 0 Å². The van der Waals surface area contributed by atoms with Gasteiger partial charge in [-0.15, -0.1) is 0 Å². The first kappa shape index (κ1) is 9.69. The molecule has 2 unspecified atom stereocenters. The molecule has 2 nitrogen and oxygen atoms in total. The van der Waals surface area contributed by atoms with Crippen molar-refractivity contribution in [2.45, 2.75) is 38.5 Å². The van der Waals surface area contributed by atoms with Gasteiger partial charge in [-0.1, -0.05) is 18.9 Å². The van der Waals surface area contributed by atoms with E-state index < -0.39 is 0 Å². The Morgan fingerprint density at radius 2 is 1.94 bits per heavy atom. The normalized spacial score (nSPS) is 31.5. The number of aryl methyl sites for hydroxylation is 1. The zero-order chi connectivity index (χ0) is 11.4. The number of imidazole rings is 1. The maximum absolute atomic E-state index is 4.78. The molecule has 2 aromatic rings. The van der Waals surface area contributed by atoms with Crippen molar-refractivity contribution in [2.24, 2.45) is 11.8 Å². The fourth-order valence-corrected chi connectivity index (χ4v) is 3.70. The average Bonchev–Trinajstić information content (AvgIpc) is 2.93. The number of nitrogens with one attached hydrogen (secondary N) is 1. The van der Waals surface area contributed by atoms with Gasteiger partial charge in [0.05, 0.1) is 11.0 Å². The molecule has 2 fully saturated rings. The largest absolute Gasteiger partial charge is 0.342 e. The molecule has 0 radical (unpaired) electrons. The molecule has 1 aromatic carbocycles. The molecule has 2 heteroatoms. The van der Waals surface area contributed by atoms with Crippen LogP contribution in [0.2, 0.25) is 0 Å². The van der Waals surface area contributed by atoms with Crippen LogP contribution in [0.1, 0.15) is 43.0 Å². The maximum atomic E-state index is 4.78. The standard InChI is InChI=1S/C15H18N2/c1-9-6-7-12-13(8-9)17-15(16-12)14-10-4-2-3-5-11(10)14/h6-8,10-11,14H,2-5H2,1H3,(H,16,17). The Hall–Kier alpha value is -1.31. The first-order valence-corrected chi connectivity index (χ1v) is 6.79. The summed E-state index contributed by atoms with van der Waals surface area (Å²) in [4.78, 5) is 8.33. The van der Waals surface area contributed by atoms with Gasteiger partial charge >= 0.3 is 0 Å². The van der Waals surface area contributed by atoms with Crippen LogP contribution in [0, 0.1) is 18.8 Å². The number of aromatic amines is 1. The highest BCUT2D eigenvalue weighted by Gasteiger charge is 2.52. The van der Waals surface area contributed by atoms with Gasteiger partial charge in [-0.05, 0) is 49.3 Å². The number of aromatic nitrogens is 2. The van der Waals surface area contributed by atoms with E-state index >= 15 is 0 Å². The number of fused-ring (bicyclic) bond motifs is 2. The molecule has 88 valence electrons. The predicted molar refractivity (Wildman–Crippen MR) is 69.0 cm³/mol. The molecule has 0 bridgehead atoms. The number of benzene rings is 1. The second-order valence-electron chi connectivity index (χ2n) is 5.78. The number of hydrogen-bond donors (Lipinski definition) is 1. The fourth-order valence-electron chi connectivity index (χ4n) is 3.70. The SMILES string of the molecule is Cc1ccc2nc(C3C4CCCCC43)[nH]c2c1. The molecule has 17 heavy (non-hydrogen) atoms. The monoisotopic (exact) mass is 226 g/mol. The average molecular weight is 226 g/mol. The molecule has 0 saturated heterocycles. The maximum Gasteiger partial charge on any atom is 0.110 e. The van der Waals surface area contributed by atoms with E-state index in [1.165, 1.54) is 42.6 Å². The molecular formula is C15H18N2. The molecule has 2 saturated carbocycles. The molecule has 1 heterocycles. The molecule has 4 rings (SSSR count). The molecule has 1 aromatic heterocycles. The lowest BCUT2D eigenvalue weighted by Crippen LogP contribution is -1.91. The van der Waals surface area contributed by atoms with Gasteiger partial charge in [0.15, 0.2) is 0 Å². The number of rotatable bonds is 1. The molecule has 2 atom stereocenters. The third-order valence-electron chi connectivity index (χ3n) is 4.63. The summed E-state index contributed by atoms with van der Waals surface area (Å²) in [5, 5.41) is 0. The van der Waals surface area contributed by atoms with E-state index in [0.29, 0.717) is 0 Å². The van der Waals surface area contributed by atoms with Crippen molar-refractivity contribution in [3.63, 3.8) is 0 Å². The summed E-state index contributed by atoms with van der Waals surface area (Å²) in [5.41, 5.74) is 3.65. The van der Waals surface area contributed by atoms with Gasteiger partial charge in [0.25, 0.3) is 0 Å². The van der Waals surface area contributed by atoms with E-state index in [9.17, 15) is 0 Å². The lowest BCUT2D eigenvalue weighted by molar-refractivity contribution is 0.480. The first-order chi connectivity index (χ1) is 8.33. The summed E-state index contributed by atoms with van der Waals surface area (Å²) < 4.78 is 0. The van der Waals surface area contributed by atoms with Crippen LogP contribution >= 0.6 is 0 Å². The van der Waals surface area contributed by atoms with Crippen LogP contribution in [0.25, 0.3) is 11.0 Å². The van der Waals surface area contributed by atoms with Crippen LogP contribution in [0.3, 0.4) is 0 Å². The Morgan fingerprint density at radius 3 is 2.71 bits per heavy atom. The minimum Gasteiger partial charge on any atom is -0.342 e. The zero-order valence-corrected chi connectivity index (χ0v) is 10.2. The number of hydrogen-bond acceptors (Lipinski definition) is 1. The van der Waals surface area contributed by atoms with Gasteiger partial charge < -0.3 is 4.98 Å². The third kappa shape index (κ3) is 1.43. The Balaban J connectivity index is 1.72.